The first-order chi connectivity index (χ1) is 20.2. The number of rotatable bonds is 36. The monoisotopic (exact) mass is 582 g/mol. The Labute approximate surface area is 260 Å². The molecule has 0 aliphatic rings. The Morgan fingerprint density at radius 3 is 1.00 bits per heavy atom. The van der Waals surface area contributed by atoms with Crippen LogP contribution >= 0.6 is 0 Å². The molecule has 1 atom stereocenters. The highest BCUT2D eigenvalue weighted by molar-refractivity contribution is 4.66. The van der Waals surface area contributed by atoms with Gasteiger partial charge in [0.15, 0.2) is 0 Å². The Balaban J connectivity index is 3.48. The number of hydrogen-bond acceptors (Lipinski definition) is 3. The lowest BCUT2D eigenvalue weighted by molar-refractivity contribution is 0.0905. The van der Waals surface area contributed by atoms with Crippen LogP contribution in [0.3, 0.4) is 0 Å². The number of aliphatic hydroxyl groups excluding tert-OH is 2. The third-order valence-electron chi connectivity index (χ3n) is 9.10. The van der Waals surface area contributed by atoms with Crippen molar-refractivity contribution in [1.82, 2.24) is 4.90 Å². The Morgan fingerprint density at radius 2 is 0.683 bits per heavy atom. The maximum Gasteiger partial charge on any atom is 0.0667 e. The quantitative estimate of drug-likeness (QED) is 0.0723. The molecule has 0 heterocycles. The molecule has 0 aromatic carbocycles. The van der Waals surface area contributed by atoms with Crippen LogP contribution in [0.2, 0.25) is 0 Å². The van der Waals surface area contributed by atoms with Crippen LogP contribution in [-0.4, -0.2) is 47.5 Å². The summed E-state index contributed by atoms with van der Waals surface area (Å²) in [5.41, 5.74) is 0. The summed E-state index contributed by atoms with van der Waals surface area (Å²) in [4.78, 5) is 2.29. The van der Waals surface area contributed by atoms with Crippen LogP contribution in [0.4, 0.5) is 0 Å². The van der Waals surface area contributed by atoms with Crippen LogP contribution in [0.5, 0.6) is 0 Å². The molecule has 0 bridgehead atoms. The second kappa shape index (κ2) is 36.1. The fraction of sp³-hybridized carbons (Fsp3) is 1.00. The molecule has 2 N–H and O–H groups in total. The van der Waals surface area contributed by atoms with Gasteiger partial charge in [-0.05, 0) is 19.4 Å². The molecule has 0 amide bonds. The number of nitrogens with zero attached hydrogens (tertiary/aromatic N) is 1. The van der Waals surface area contributed by atoms with E-state index in [0.717, 1.165) is 25.9 Å². The average molecular weight is 582 g/mol. The van der Waals surface area contributed by atoms with Crippen LogP contribution < -0.4 is 0 Å². The Bertz CT molecular complexity index is 458. The molecule has 3 nitrogen and oxygen atoms in total. The average Bonchev–Trinajstić information content (AvgIpc) is 2.97. The summed E-state index contributed by atoms with van der Waals surface area (Å²) in [5, 5.41) is 20.0. The van der Waals surface area contributed by atoms with E-state index in [4.69, 9.17) is 0 Å². The van der Waals surface area contributed by atoms with Crippen molar-refractivity contribution in [2.75, 3.05) is 26.2 Å². The van der Waals surface area contributed by atoms with Gasteiger partial charge in [0, 0.05) is 13.1 Å². The Morgan fingerprint density at radius 1 is 0.390 bits per heavy atom. The van der Waals surface area contributed by atoms with Crippen LogP contribution in [0.15, 0.2) is 0 Å². The van der Waals surface area contributed by atoms with Crippen LogP contribution in [0.1, 0.15) is 213 Å². The molecule has 248 valence electrons. The van der Waals surface area contributed by atoms with Gasteiger partial charge in [-0.1, -0.05) is 200 Å². The molecule has 0 aliphatic carbocycles. The lowest BCUT2D eigenvalue weighted by Crippen LogP contribution is -2.35. The fourth-order valence-electron chi connectivity index (χ4n) is 6.28. The van der Waals surface area contributed by atoms with Crippen molar-refractivity contribution in [3.63, 3.8) is 0 Å². The van der Waals surface area contributed by atoms with Gasteiger partial charge in [-0.15, -0.1) is 0 Å². The third-order valence-corrected chi connectivity index (χ3v) is 9.10. The highest BCUT2D eigenvalue weighted by atomic mass is 16.3. The first-order valence-corrected chi connectivity index (χ1v) is 19.3. The minimum absolute atomic E-state index is 0.199. The number of aliphatic hydroxyl groups is 2. The molecule has 0 radical (unpaired) electrons. The van der Waals surface area contributed by atoms with Gasteiger partial charge in [0.05, 0.1) is 12.7 Å². The van der Waals surface area contributed by atoms with Crippen molar-refractivity contribution < 1.29 is 10.2 Å². The molecule has 0 aromatic heterocycles. The van der Waals surface area contributed by atoms with Crippen LogP contribution in [0.25, 0.3) is 0 Å². The van der Waals surface area contributed by atoms with Gasteiger partial charge in [0.1, 0.15) is 0 Å². The van der Waals surface area contributed by atoms with E-state index in [1.807, 2.05) is 0 Å². The summed E-state index contributed by atoms with van der Waals surface area (Å²) < 4.78 is 0. The Hall–Kier alpha value is -0.120. The van der Waals surface area contributed by atoms with Crippen molar-refractivity contribution in [3.05, 3.63) is 0 Å². The second-order valence-electron chi connectivity index (χ2n) is 13.4. The minimum atomic E-state index is -0.236. The number of unbranched alkanes of at least 4 members (excludes halogenated alkanes) is 28. The lowest BCUT2D eigenvalue weighted by Gasteiger charge is -2.24. The minimum Gasteiger partial charge on any atom is -0.395 e. The largest absolute Gasteiger partial charge is 0.395 e. The van der Waals surface area contributed by atoms with Gasteiger partial charge in [-0.25, -0.2) is 0 Å². The molecule has 0 rings (SSSR count). The zero-order valence-corrected chi connectivity index (χ0v) is 28.7. The molecule has 0 saturated carbocycles. The van der Waals surface area contributed by atoms with E-state index in [-0.39, 0.29) is 12.7 Å². The fourth-order valence-corrected chi connectivity index (χ4v) is 6.28. The van der Waals surface area contributed by atoms with Crippen LogP contribution in [-0.2, 0) is 0 Å². The molecule has 41 heavy (non-hydrogen) atoms. The third kappa shape index (κ3) is 34.2. The summed E-state index contributed by atoms with van der Waals surface area (Å²) in [6, 6.07) is 0. The van der Waals surface area contributed by atoms with Crippen molar-refractivity contribution in [3.8, 4) is 0 Å². The zero-order chi connectivity index (χ0) is 29.9. The molecule has 1 unspecified atom stereocenters. The Kier molecular flexibility index (Phi) is 36.0. The summed E-state index contributed by atoms with van der Waals surface area (Å²) in [6.07, 6.45) is 42.3. The van der Waals surface area contributed by atoms with Gasteiger partial charge < -0.3 is 10.2 Å². The molecule has 0 spiro atoms. The van der Waals surface area contributed by atoms with Gasteiger partial charge in [-0.2, -0.15) is 0 Å². The molecular formula is C38H79NO2. The van der Waals surface area contributed by atoms with E-state index >= 15 is 0 Å². The SMILES string of the molecule is CCCCCCCCCCCCCCCCCCN(CCO)CC(O)CCCCCCCCCCCCCCCC. The summed E-state index contributed by atoms with van der Waals surface area (Å²) in [7, 11) is 0. The van der Waals surface area contributed by atoms with E-state index in [2.05, 4.69) is 18.7 Å². The van der Waals surface area contributed by atoms with E-state index < -0.39 is 0 Å². The molecular weight excluding hydrogens is 502 g/mol. The highest BCUT2D eigenvalue weighted by Gasteiger charge is 2.11. The zero-order valence-electron chi connectivity index (χ0n) is 28.7. The van der Waals surface area contributed by atoms with Crippen molar-refractivity contribution in [2.45, 2.75) is 219 Å². The van der Waals surface area contributed by atoms with E-state index in [9.17, 15) is 10.2 Å². The predicted molar refractivity (Wildman–Crippen MR) is 184 cm³/mol. The summed E-state index contributed by atoms with van der Waals surface area (Å²) in [5.74, 6) is 0. The van der Waals surface area contributed by atoms with Gasteiger partial charge in [0.2, 0.25) is 0 Å². The first-order valence-electron chi connectivity index (χ1n) is 19.3. The van der Waals surface area contributed by atoms with E-state index in [1.165, 1.54) is 186 Å². The highest BCUT2D eigenvalue weighted by Crippen LogP contribution is 2.16. The lowest BCUT2D eigenvalue weighted by atomic mass is 10.0. The van der Waals surface area contributed by atoms with E-state index in [0.29, 0.717) is 6.54 Å². The first kappa shape index (κ1) is 40.9. The smallest absolute Gasteiger partial charge is 0.0667 e. The van der Waals surface area contributed by atoms with Gasteiger partial charge >= 0.3 is 0 Å². The molecule has 0 fully saturated rings. The van der Waals surface area contributed by atoms with Gasteiger partial charge in [0.25, 0.3) is 0 Å². The maximum absolute atomic E-state index is 10.5. The van der Waals surface area contributed by atoms with Crippen molar-refractivity contribution in [1.29, 1.82) is 0 Å². The molecule has 0 aliphatic heterocycles. The number of hydrogen-bond donors (Lipinski definition) is 2. The second-order valence-corrected chi connectivity index (χ2v) is 13.4. The predicted octanol–water partition coefficient (Wildman–Crippen LogP) is 11.8. The van der Waals surface area contributed by atoms with Crippen molar-refractivity contribution in [2.24, 2.45) is 0 Å². The van der Waals surface area contributed by atoms with Crippen molar-refractivity contribution >= 4 is 0 Å². The summed E-state index contributed by atoms with van der Waals surface area (Å²) >= 11 is 0. The van der Waals surface area contributed by atoms with E-state index in [1.54, 1.807) is 0 Å². The maximum atomic E-state index is 10.5. The van der Waals surface area contributed by atoms with Crippen LogP contribution in [0, 0.1) is 0 Å². The van der Waals surface area contributed by atoms with Gasteiger partial charge in [-0.3, -0.25) is 4.90 Å². The summed E-state index contributed by atoms with van der Waals surface area (Å²) in [6.45, 7) is 7.24. The standard InChI is InChI=1S/C38H79NO2/c1-3-5-7-9-11-13-15-17-19-20-22-24-26-28-30-32-34-39(35-36-40)37-38(41)33-31-29-27-25-23-21-18-16-14-12-10-8-6-4-2/h38,40-41H,3-37H2,1-2H3. The molecule has 0 aromatic rings. The topological polar surface area (TPSA) is 43.7 Å². The molecule has 3 heteroatoms. The molecule has 0 saturated heterocycles. The normalized spacial score (nSPS) is 12.5.